The zero-order chi connectivity index (χ0) is 21.1. The summed E-state index contributed by atoms with van der Waals surface area (Å²) in [4.78, 5) is 29.2. The van der Waals surface area contributed by atoms with Crippen LogP contribution in [0.3, 0.4) is 0 Å². The summed E-state index contributed by atoms with van der Waals surface area (Å²) in [6, 6.07) is 13.2. The number of carbonyl (C=O) groups is 1. The lowest BCUT2D eigenvalue weighted by Crippen LogP contribution is -2.22. The number of aromatic nitrogens is 2. The van der Waals surface area contributed by atoms with Gasteiger partial charge in [-0.3, -0.25) is 14.7 Å². The fourth-order valence-electron chi connectivity index (χ4n) is 3.49. The molecule has 0 spiro atoms. The Morgan fingerprint density at radius 1 is 1.13 bits per heavy atom. The molecule has 2 aromatic heterocycles. The summed E-state index contributed by atoms with van der Waals surface area (Å²) in [5.74, 6) is 0.518. The Hall–Kier alpha value is -3.55. The number of carboxylic acid groups (broad SMARTS) is 1. The van der Waals surface area contributed by atoms with Gasteiger partial charge in [0.25, 0.3) is 5.56 Å². The molecule has 0 saturated carbocycles. The number of ether oxygens (including phenoxy) is 1. The minimum absolute atomic E-state index is 0.123. The highest BCUT2D eigenvalue weighted by Gasteiger charge is 2.22. The maximum atomic E-state index is 12.4. The van der Waals surface area contributed by atoms with Gasteiger partial charge in [-0.1, -0.05) is 29.7 Å². The van der Waals surface area contributed by atoms with Crippen molar-refractivity contribution in [1.29, 1.82) is 0 Å². The summed E-state index contributed by atoms with van der Waals surface area (Å²) >= 11 is 0. The largest absolute Gasteiger partial charge is 0.487 e. The fraction of sp³-hybridized carbons (Fsp3) is 0.227. The third-order valence-corrected chi connectivity index (χ3v) is 5.23. The molecule has 0 unspecified atom stereocenters. The lowest BCUT2D eigenvalue weighted by Gasteiger charge is -2.10. The Bertz CT molecular complexity index is 1130. The SMILES string of the molecule is Bc1ccc(COc2ccn(CCc3ccc4c(c3)CN(C(=O)O)C4)c(=O)c2)nc1. The summed E-state index contributed by atoms with van der Waals surface area (Å²) < 4.78 is 7.33. The molecule has 0 fully saturated rings. The van der Waals surface area contributed by atoms with Gasteiger partial charge in [-0.2, -0.15) is 0 Å². The quantitative estimate of drug-likeness (QED) is 0.628. The van der Waals surface area contributed by atoms with Crippen molar-refractivity contribution in [3.05, 3.63) is 87.6 Å². The van der Waals surface area contributed by atoms with E-state index in [2.05, 4.69) is 4.98 Å². The minimum Gasteiger partial charge on any atom is -0.487 e. The molecule has 3 heterocycles. The molecule has 7 nitrogen and oxygen atoms in total. The van der Waals surface area contributed by atoms with Crippen LogP contribution in [-0.4, -0.2) is 33.5 Å². The normalized spacial score (nSPS) is 12.6. The van der Waals surface area contributed by atoms with Crippen molar-refractivity contribution in [1.82, 2.24) is 14.5 Å². The number of hydrogen-bond acceptors (Lipinski definition) is 4. The van der Waals surface area contributed by atoms with Gasteiger partial charge >= 0.3 is 6.09 Å². The average Bonchev–Trinajstić information content (AvgIpc) is 3.16. The zero-order valence-corrected chi connectivity index (χ0v) is 16.7. The number of hydrogen-bond donors (Lipinski definition) is 1. The second-order valence-electron chi connectivity index (χ2n) is 7.50. The van der Waals surface area contributed by atoms with Crippen LogP contribution in [0.25, 0.3) is 0 Å². The topological polar surface area (TPSA) is 84.7 Å². The van der Waals surface area contributed by atoms with Crippen molar-refractivity contribution < 1.29 is 14.6 Å². The van der Waals surface area contributed by atoms with E-state index >= 15 is 0 Å². The van der Waals surface area contributed by atoms with E-state index in [0.717, 1.165) is 27.8 Å². The Balaban J connectivity index is 1.35. The predicted octanol–water partition coefficient (Wildman–Crippen LogP) is 1.32. The molecule has 3 aromatic rings. The number of fused-ring (bicyclic) bond motifs is 1. The van der Waals surface area contributed by atoms with Crippen molar-refractivity contribution in [3.8, 4) is 5.75 Å². The molecule has 0 bridgehead atoms. The second-order valence-corrected chi connectivity index (χ2v) is 7.50. The first kappa shape index (κ1) is 19.8. The summed E-state index contributed by atoms with van der Waals surface area (Å²) in [5, 5.41) is 9.15. The van der Waals surface area contributed by atoms with Gasteiger partial charge < -0.3 is 14.4 Å². The summed E-state index contributed by atoms with van der Waals surface area (Å²) in [5.41, 5.74) is 4.94. The van der Waals surface area contributed by atoms with E-state index in [1.54, 1.807) is 23.0 Å². The molecular weight excluding hydrogens is 381 g/mol. The van der Waals surface area contributed by atoms with Gasteiger partial charge in [-0.05, 0) is 35.2 Å². The molecule has 152 valence electrons. The first-order valence-electron chi connectivity index (χ1n) is 9.81. The van der Waals surface area contributed by atoms with Crippen molar-refractivity contribution in [2.75, 3.05) is 0 Å². The van der Waals surface area contributed by atoms with Gasteiger partial charge in [0.05, 0.1) is 5.69 Å². The Labute approximate surface area is 175 Å². The average molecular weight is 403 g/mol. The van der Waals surface area contributed by atoms with Crippen LogP contribution in [0.15, 0.2) is 59.7 Å². The van der Waals surface area contributed by atoms with E-state index in [-0.39, 0.29) is 5.56 Å². The van der Waals surface area contributed by atoms with Crippen molar-refractivity contribution >= 4 is 19.4 Å². The predicted molar refractivity (Wildman–Crippen MR) is 115 cm³/mol. The number of nitrogens with zero attached hydrogens (tertiary/aromatic N) is 3. The van der Waals surface area contributed by atoms with E-state index in [1.807, 2.05) is 38.2 Å². The molecule has 1 N–H and O–H groups in total. The van der Waals surface area contributed by atoms with Gasteiger partial charge in [0.2, 0.25) is 0 Å². The molecule has 0 aliphatic carbocycles. The number of amides is 1. The van der Waals surface area contributed by atoms with E-state index in [9.17, 15) is 9.59 Å². The van der Waals surface area contributed by atoms with Crippen molar-refractivity contribution in [2.45, 2.75) is 32.7 Å². The third-order valence-electron chi connectivity index (χ3n) is 5.23. The molecule has 1 aromatic carbocycles. The molecule has 0 atom stereocenters. The number of rotatable bonds is 6. The van der Waals surface area contributed by atoms with E-state index < -0.39 is 6.09 Å². The lowest BCUT2D eigenvalue weighted by molar-refractivity contribution is 0.145. The van der Waals surface area contributed by atoms with Crippen LogP contribution in [0, 0.1) is 0 Å². The molecule has 8 heteroatoms. The van der Waals surface area contributed by atoms with Crippen LogP contribution in [0.2, 0.25) is 0 Å². The van der Waals surface area contributed by atoms with Crippen molar-refractivity contribution in [2.24, 2.45) is 0 Å². The maximum absolute atomic E-state index is 12.4. The highest BCUT2D eigenvalue weighted by atomic mass is 16.5. The zero-order valence-electron chi connectivity index (χ0n) is 16.7. The summed E-state index contributed by atoms with van der Waals surface area (Å²) in [6.07, 6.45) is 3.31. The Kier molecular flexibility index (Phi) is 5.56. The number of pyridine rings is 2. The van der Waals surface area contributed by atoms with Crippen LogP contribution >= 0.6 is 0 Å². The van der Waals surface area contributed by atoms with Gasteiger partial charge in [0.1, 0.15) is 20.2 Å². The first-order valence-corrected chi connectivity index (χ1v) is 9.81. The highest BCUT2D eigenvalue weighted by molar-refractivity contribution is 6.32. The number of aryl methyl sites for hydroxylation is 2. The molecule has 0 radical (unpaired) electrons. The van der Waals surface area contributed by atoms with Gasteiger partial charge in [0, 0.05) is 38.1 Å². The molecule has 1 aliphatic rings. The fourth-order valence-corrected chi connectivity index (χ4v) is 3.49. The lowest BCUT2D eigenvalue weighted by atomic mass is 9.99. The first-order chi connectivity index (χ1) is 14.5. The number of benzene rings is 1. The van der Waals surface area contributed by atoms with Gasteiger partial charge in [-0.25, -0.2) is 4.79 Å². The summed E-state index contributed by atoms with van der Waals surface area (Å²) in [7, 11) is 1.98. The van der Waals surface area contributed by atoms with Gasteiger partial charge in [-0.15, -0.1) is 0 Å². The molecule has 1 amide bonds. The Morgan fingerprint density at radius 3 is 2.70 bits per heavy atom. The second kappa shape index (κ2) is 8.45. The van der Waals surface area contributed by atoms with Crippen molar-refractivity contribution in [3.63, 3.8) is 0 Å². The van der Waals surface area contributed by atoms with Gasteiger partial charge in [0.15, 0.2) is 0 Å². The third kappa shape index (κ3) is 4.54. The molecule has 1 aliphatic heterocycles. The molecule has 30 heavy (non-hydrogen) atoms. The van der Waals surface area contributed by atoms with Crippen LogP contribution in [0.4, 0.5) is 4.79 Å². The van der Waals surface area contributed by atoms with Crippen LogP contribution in [-0.2, 0) is 32.7 Å². The van der Waals surface area contributed by atoms with Crippen LogP contribution in [0.5, 0.6) is 5.75 Å². The summed E-state index contributed by atoms with van der Waals surface area (Å²) in [6.45, 7) is 1.70. The van der Waals surface area contributed by atoms with Crippen LogP contribution in [0.1, 0.15) is 22.4 Å². The maximum Gasteiger partial charge on any atom is 0.407 e. The van der Waals surface area contributed by atoms with Crippen LogP contribution < -0.4 is 15.8 Å². The molecular formula is C22H22BN3O4. The molecule has 0 saturated heterocycles. The standard InChI is InChI=1S/C22H22BN3O4/c23-18-3-4-19(24-11-18)14-30-20-6-8-25(21(27)10-20)7-5-15-1-2-16-12-26(22(28)29)13-17(16)9-15/h1-4,6,8-11H,5,7,12-14,23H2,(H,28,29). The highest BCUT2D eigenvalue weighted by Crippen LogP contribution is 2.24. The molecule has 4 rings (SSSR count). The van der Waals surface area contributed by atoms with E-state index in [4.69, 9.17) is 9.84 Å². The smallest absolute Gasteiger partial charge is 0.407 e. The van der Waals surface area contributed by atoms with E-state index in [0.29, 0.717) is 38.4 Å². The van der Waals surface area contributed by atoms with E-state index in [1.165, 1.54) is 11.0 Å². The Morgan fingerprint density at radius 2 is 1.97 bits per heavy atom. The minimum atomic E-state index is -0.903. The monoisotopic (exact) mass is 403 g/mol.